The Hall–Kier alpha value is -3.19. The van der Waals surface area contributed by atoms with Crippen LogP contribution in [0.3, 0.4) is 0 Å². The number of aromatic nitrogens is 1. The van der Waals surface area contributed by atoms with Crippen molar-refractivity contribution in [1.82, 2.24) is 4.98 Å². The van der Waals surface area contributed by atoms with Gasteiger partial charge in [0.25, 0.3) is 0 Å². The Balaban J connectivity index is 1.69. The number of aryl methyl sites for hydroxylation is 1. The number of pyridine rings is 1. The molecule has 1 aliphatic carbocycles. The van der Waals surface area contributed by atoms with Crippen molar-refractivity contribution in [3.8, 4) is 11.3 Å². The SMILES string of the molecule is Cc1c2c(nc3ccccc13)-c1cc3ccc4ccccc4c3cc1C2. The molecule has 0 N–H and O–H groups in total. The summed E-state index contributed by atoms with van der Waals surface area (Å²) in [5.41, 5.74) is 7.72. The summed E-state index contributed by atoms with van der Waals surface area (Å²) in [5, 5.41) is 6.54. The van der Waals surface area contributed by atoms with Gasteiger partial charge >= 0.3 is 0 Å². The zero-order valence-corrected chi connectivity index (χ0v) is 14.6. The van der Waals surface area contributed by atoms with Crippen LogP contribution < -0.4 is 0 Å². The molecule has 6 rings (SSSR count). The lowest BCUT2D eigenvalue weighted by Crippen LogP contribution is -1.92. The number of hydrogen-bond donors (Lipinski definition) is 0. The Kier molecular flexibility index (Phi) is 2.66. The fraction of sp³-hybridized carbons (Fsp3) is 0.0800. The second-order valence-electron chi connectivity index (χ2n) is 7.28. The third-order valence-corrected chi connectivity index (χ3v) is 5.87. The zero-order valence-electron chi connectivity index (χ0n) is 14.6. The van der Waals surface area contributed by atoms with Crippen molar-refractivity contribution in [3.63, 3.8) is 0 Å². The summed E-state index contributed by atoms with van der Waals surface area (Å²) in [5.74, 6) is 0. The van der Waals surface area contributed by atoms with Crippen LogP contribution in [-0.4, -0.2) is 4.98 Å². The van der Waals surface area contributed by atoms with Gasteiger partial charge in [0.1, 0.15) is 0 Å². The van der Waals surface area contributed by atoms with E-state index in [9.17, 15) is 0 Å². The highest BCUT2D eigenvalue weighted by atomic mass is 14.7. The molecule has 5 aromatic rings. The van der Waals surface area contributed by atoms with Crippen molar-refractivity contribution in [2.75, 3.05) is 0 Å². The molecule has 122 valence electrons. The topological polar surface area (TPSA) is 12.9 Å². The molecule has 0 spiro atoms. The van der Waals surface area contributed by atoms with E-state index in [2.05, 4.69) is 79.7 Å². The van der Waals surface area contributed by atoms with Crippen molar-refractivity contribution in [3.05, 3.63) is 89.5 Å². The fourth-order valence-electron chi connectivity index (χ4n) is 4.51. The fourth-order valence-corrected chi connectivity index (χ4v) is 4.51. The number of rotatable bonds is 0. The maximum atomic E-state index is 5.03. The van der Waals surface area contributed by atoms with Gasteiger partial charge in [-0.2, -0.15) is 0 Å². The highest BCUT2D eigenvalue weighted by Gasteiger charge is 2.24. The molecule has 0 atom stereocenters. The first kappa shape index (κ1) is 14.0. The van der Waals surface area contributed by atoms with Crippen LogP contribution in [-0.2, 0) is 6.42 Å². The third-order valence-electron chi connectivity index (χ3n) is 5.87. The van der Waals surface area contributed by atoms with Crippen LogP contribution in [0, 0.1) is 6.92 Å². The Morgan fingerprint density at radius 3 is 2.42 bits per heavy atom. The minimum Gasteiger partial charge on any atom is -0.247 e. The van der Waals surface area contributed by atoms with Gasteiger partial charge in [0.15, 0.2) is 0 Å². The van der Waals surface area contributed by atoms with Gasteiger partial charge in [-0.15, -0.1) is 0 Å². The second kappa shape index (κ2) is 4.92. The zero-order chi connectivity index (χ0) is 17.3. The van der Waals surface area contributed by atoms with Crippen molar-refractivity contribution in [1.29, 1.82) is 0 Å². The Morgan fingerprint density at radius 2 is 1.50 bits per heavy atom. The van der Waals surface area contributed by atoms with Crippen LogP contribution >= 0.6 is 0 Å². The smallest absolute Gasteiger partial charge is 0.0750 e. The molecule has 0 amide bonds. The number of hydrogen-bond acceptors (Lipinski definition) is 1. The van der Waals surface area contributed by atoms with Gasteiger partial charge in [-0.05, 0) is 63.4 Å². The first-order valence-corrected chi connectivity index (χ1v) is 9.12. The standard InChI is InChI=1S/C25H17N/c1-15-19-7-4-5-9-24(19)26-25-21(15)13-18-14-22-17(12-23(18)25)11-10-16-6-2-3-8-20(16)22/h2-12,14H,13H2,1H3. The molecule has 0 saturated carbocycles. The van der Waals surface area contributed by atoms with Crippen LogP contribution in [0.2, 0.25) is 0 Å². The van der Waals surface area contributed by atoms with E-state index in [0.29, 0.717) is 0 Å². The van der Waals surface area contributed by atoms with E-state index in [1.807, 2.05) is 0 Å². The Labute approximate surface area is 151 Å². The van der Waals surface area contributed by atoms with E-state index in [1.165, 1.54) is 54.9 Å². The largest absolute Gasteiger partial charge is 0.247 e. The van der Waals surface area contributed by atoms with Gasteiger partial charge in [0.05, 0.1) is 11.2 Å². The molecule has 1 heterocycles. The quantitative estimate of drug-likeness (QED) is 0.293. The van der Waals surface area contributed by atoms with Gasteiger partial charge in [0, 0.05) is 17.4 Å². The molecular weight excluding hydrogens is 314 g/mol. The first-order chi connectivity index (χ1) is 12.8. The monoisotopic (exact) mass is 331 g/mol. The van der Waals surface area contributed by atoms with Crippen LogP contribution in [0.5, 0.6) is 0 Å². The van der Waals surface area contributed by atoms with E-state index < -0.39 is 0 Å². The van der Waals surface area contributed by atoms with Gasteiger partial charge in [-0.25, -0.2) is 4.98 Å². The van der Waals surface area contributed by atoms with Crippen molar-refractivity contribution in [2.24, 2.45) is 0 Å². The molecular formula is C25H17N. The summed E-state index contributed by atoms with van der Waals surface area (Å²) in [6.45, 7) is 2.24. The molecule has 26 heavy (non-hydrogen) atoms. The van der Waals surface area contributed by atoms with E-state index in [-0.39, 0.29) is 0 Å². The van der Waals surface area contributed by atoms with E-state index in [4.69, 9.17) is 4.98 Å². The summed E-state index contributed by atoms with van der Waals surface area (Å²) in [6.07, 6.45) is 0.980. The summed E-state index contributed by atoms with van der Waals surface area (Å²) in [6, 6.07) is 26.3. The minimum atomic E-state index is 0.980. The summed E-state index contributed by atoms with van der Waals surface area (Å²) >= 11 is 0. The molecule has 0 radical (unpaired) electrons. The molecule has 1 aromatic heterocycles. The Bertz CT molecular complexity index is 1360. The number of para-hydroxylation sites is 1. The van der Waals surface area contributed by atoms with Crippen LogP contribution in [0.4, 0.5) is 0 Å². The highest BCUT2D eigenvalue weighted by Crippen LogP contribution is 2.42. The normalized spacial score (nSPS) is 12.7. The molecule has 0 bridgehead atoms. The molecule has 0 saturated heterocycles. The number of nitrogens with zero attached hydrogens (tertiary/aromatic N) is 1. The minimum absolute atomic E-state index is 0.980. The van der Waals surface area contributed by atoms with Crippen molar-refractivity contribution in [2.45, 2.75) is 13.3 Å². The molecule has 1 nitrogen and oxygen atoms in total. The first-order valence-electron chi connectivity index (χ1n) is 9.12. The maximum Gasteiger partial charge on any atom is 0.0750 e. The number of benzene rings is 4. The summed E-state index contributed by atoms with van der Waals surface area (Å²) in [7, 11) is 0. The van der Waals surface area contributed by atoms with Crippen molar-refractivity contribution >= 4 is 32.4 Å². The molecule has 0 aliphatic heterocycles. The number of fused-ring (bicyclic) bond motifs is 7. The Morgan fingerprint density at radius 1 is 0.731 bits per heavy atom. The van der Waals surface area contributed by atoms with Gasteiger partial charge in [-0.3, -0.25) is 0 Å². The predicted molar refractivity (Wildman–Crippen MR) is 110 cm³/mol. The van der Waals surface area contributed by atoms with Crippen LogP contribution in [0.1, 0.15) is 16.7 Å². The van der Waals surface area contributed by atoms with Gasteiger partial charge in [0.2, 0.25) is 0 Å². The molecule has 0 unspecified atom stereocenters. The average Bonchev–Trinajstić information content (AvgIpc) is 3.04. The van der Waals surface area contributed by atoms with Gasteiger partial charge < -0.3 is 0 Å². The van der Waals surface area contributed by atoms with E-state index in [1.54, 1.807) is 0 Å². The predicted octanol–water partition coefficient (Wildman–Crippen LogP) is 6.42. The van der Waals surface area contributed by atoms with E-state index >= 15 is 0 Å². The summed E-state index contributed by atoms with van der Waals surface area (Å²) < 4.78 is 0. The third kappa shape index (κ3) is 1.78. The van der Waals surface area contributed by atoms with Crippen molar-refractivity contribution < 1.29 is 0 Å². The molecule has 1 heteroatoms. The molecule has 1 aliphatic rings. The lowest BCUT2D eigenvalue weighted by Gasteiger charge is -2.09. The molecule has 0 fully saturated rings. The summed E-state index contributed by atoms with van der Waals surface area (Å²) in [4.78, 5) is 5.03. The van der Waals surface area contributed by atoms with Gasteiger partial charge in [-0.1, -0.05) is 54.6 Å². The molecule has 4 aromatic carbocycles. The van der Waals surface area contributed by atoms with Crippen LogP contribution in [0.15, 0.2) is 72.8 Å². The average molecular weight is 331 g/mol. The maximum absolute atomic E-state index is 5.03. The lowest BCUT2D eigenvalue weighted by atomic mass is 9.97. The van der Waals surface area contributed by atoms with E-state index in [0.717, 1.165) is 11.9 Å². The highest BCUT2D eigenvalue weighted by molar-refractivity contribution is 6.09. The second-order valence-corrected chi connectivity index (χ2v) is 7.28. The lowest BCUT2D eigenvalue weighted by molar-refractivity contribution is 1.21. The van der Waals surface area contributed by atoms with Crippen LogP contribution in [0.25, 0.3) is 43.7 Å².